The van der Waals surface area contributed by atoms with Crippen LogP contribution < -0.4 is 10.8 Å². The van der Waals surface area contributed by atoms with Crippen LogP contribution in [0.4, 0.5) is 0 Å². The van der Waals surface area contributed by atoms with Gasteiger partial charge in [0.25, 0.3) is 0 Å². The van der Waals surface area contributed by atoms with Crippen molar-refractivity contribution in [2.75, 3.05) is 0 Å². The highest BCUT2D eigenvalue weighted by Gasteiger charge is 2.07. The van der Waals surface area contributed by atoms with E-state index in [9.17, 15) is 15.0 Å². The number of phenols is 1. The molecular formula is C9H11NO3. The molecule has 0 aliphatic rings. The normalized spacial score (nSPS) is 20.1. The molecule has 0 aliphatic carbocycles. The first kappa shape index (κ1) is 4.11. The maximum Gasteiger partial charge on any atom is 0.129 e. The van der Waals surface area contributed by atoms with E-state index in [0.717, 1.165) is 0 Å². The molecular weight excluding hydrogens is 171 g/mol. The Kier molecular flexibility index (Phi) is 1.23. The Bertz CT molecular complexity index is 518. The highest BCUT2D eigenvalue weighted by molar-refractivity contribution is 5.69. The van der Waals surface area contributed by atoms with E-state index in [4.69, 9.17) is 8.22 Å². The maximum absolute atomic E-state index is 10.7. The maximum atomic E-state index is 10.7. The fraction of sp³-hybridized carbons (Fsp3) is 0.222. The lowest BCUT2D eigenvalue weighted by Gasteiger charge is -2.08. The molecule has 0 heterocycles. The summed E-state index contributed by atoms with van der Waals surface area (Å²) < 4.78 is 45.1. The van der Waals surface area contributed by atoms with E-state index in [1.54, 1.807) is 0 Å². The Hall–Kier alpha value is -1.55. The minimum atomic E-state index is -2.77. The van der Waals surface area contributed by atoms with Crippen molar-refractivity contribution in [2.24, 2.45) is 0 Å². The Morgan fingerprint density at radius 2 is 2.23 bits per heavy atom. The zero-order chi connectivity index (χ0) is 15.1. The summed E-state index contributed by atoms with van der Waals surface area (Å²) in [7, 11) is 0. The fourth-order valence-electron chi connectivity index (χ4n) is 0.611. The summed E-state index contributed by atoms with van der Waals surface area (Å²) in [5.74, 6) is -2.75. The first-order valence-electron chi connectivity index (χ1n) is 6.37. The molecule has 0 unspecified atom stereocenters. The topological polar surface area (TPSA) is 88.0 Å². The first-order valence-corrected chi connectivity index (χ1v) is 3.37. The van der Waals surface area contributed by atoms with E-state index >= 15 is 0 Å². The number of phenolic OH excluding ortho intramolecular Hbond substituents is 1. The number of rotatable bonds is 3. The van der Waals surface area contributed by atoms with Gasteiger partial charge in [0.05, 0.1) is 11.5 Å². The van der Waals surface area contributed by atoms with Crippen molar-refractivity contribution < 1.29 is 29.0 Å². The predicted molar refractivity (Wildman–Crippen MR) is 43.5 cm³/mol. The molecule has 70 valence electrons. The van der Waals surface area contributed by atoms with Gasteiger partial charge >= 0.3 is 0 Å². The molecule has 1 atom stereocenters. The Balaban J connectivity index is 3.64. The van der Waals surface area contributed by atoms with Crippen LogP contribution in [0.2, 0.25) is 0 Å². The SMILES string of the molecule is [2H]c1c([2H])c(C([2H])([2H])[C@H]([15NH3+])C(=O)[O-])c([2H])c([2H])c1O. The van der Waals surface area contributed by atoms with Gasteiger partial charge in [0, 0.05) is 9.11 Å². The summed E-state index contributed by atoms with van der Waals surface area (Å²) >= 11 is 0. The molecule has 1 aromatic carbocycles. The number of carboxylic acid groups (broad SMARTS) is 1. The van der Waals surface area contributed by atoms with Crippen LogP contribution in [0.15, 0.2) is 24.2 Å². The van der Waals surface area contributed by atoms with Crippen LogP contribution >= 0.6 is 0 Å². The molecule has 1 aromatic rings. The lowest BCUT2D eigenvalue weighted by molar-refractivity contribution is -0.437. The second-order valence-corrected chi connectivity index (χ2v) is 2.24. The molecule has 0 spiro atoms. The number of quaternary nitrogens is 1. The number of hydrogen-bond donors (Lipinski definition) is 2. The van der Waals surface area contributed by atoms with Crippen LogP contribution in [0.5, 0.6) is 5.75 Å². The van der Waals surface area contributed by atoms with E-state index in [-0.39, 0.29) is 0 Å². The number of carboxylic acids is 1. The highest BCUT2D eigenvalue weighted by atomic mass is 16.4. The molecule has 4 nitrogen and oxygen atoms in total. The summed E-state index contributed by atoms with van der Waals surface area (Å²) in [6, 6.07) is -5.31. The highest BCUT2D eigenvalue weighted by Crippen LogP contribution is 2.10. The minimum Gasteiger partial charge on any atom is -0.544 e. The van der Waals surface area contributed by atoms with Crippen LogP contribution in [0.25, 0.3) is 0 Å². The average molecular weight is 188 g/mol. The van der Waals surface area contributed by atoms with Crippen LogP contribution in [-0.2, 0) is 11.2 Å². The van der Waals surface area contributed by atoms with Crippen molar-refractivity contribution in [3.63, 3.8) is 0 Å². The van der Waals surface area contributed by atoms with Gasteiger partial charge in [-0.15, -0.1) is 0 Å². The fourth-order valence-corrected chi connectivity index (χ4v) is 0.611. The summed E-state index contributed by atoms with van der Waals surface area (Å²) in [5, 5.41) is 20.0. The van der Waals surface area contributed by atoms with Crippen molar-refractivity contribution in [1.82, 2.24) is 0 Å². The lowest BCUT2D eigenvalue weighted by Crippen LogP contribution is -2.69. The molecule has 4 heteroatoms. The molecule has 0 aliphatic heterocycles. The zero-order valence-corrected chi connectivity index (χ0v) is 6.55. The van der Waals surface area contributed by atoms with Gasteiger partial charge < -0.3 is 20.7 Å². The van der Waals surface area contributed by atoms with Gasteiger partial charge in [-0.05, 0) is 17.6 Å². The third-order valence-electron chi connectivity index (χ3n) is 1.21. The largest absolute Gasteiger partial charge is 0.544 e. The molecule has 0 saturated heterocycles. The van der Waals surface area contributed by atoms with Crippen molar-refractivity contribution in [1.29, 1.82) is 0 Å². The van der Waals surface area contributed by atoms with Gasteiger partial charge in [0.2, 0.25) is 0 Å². The number of carbonyl (C=O) groups is 1. The number of carbonyl (C=O) groups excluding carboxylic acids is 1. The summed E-state index contributed by atoms with van der Waals surface area (Å²) in [4.78, 5) is 10.7. The standard InChI is InChI=1S/C9H11NO3/c10-8(9(12)13)5-6-1-3-7(11)4-2-6/h1-4,8,11H,5,10H2,(H,12,13)/t8-/m0/s1/i1D,2D,3D,4D,5D2,10+1. The van der Waals surface area contributed by atoms with Crippen molar-refractivity contribution in [2.45, 2.75) is 12.4 Å². The minimum absolute atomic E-state index is 0.774. The number of benzene rings is 1. The monoisotopic (exact) mass is 188 g/mol. The molecule has 0 aromatic heterocycles. The lowest BCUT2D eigenvalue weighted by atomic mass is 10.1. The Labute approximate surface area is 84.0 Å². The first-order chi connectivity index (χ1) is 8.53. The van der Waals surface area contributed by atoms with Crippen molar-refractivity contribution >= 4 is 5.97 Å². The Morgan fingerprint density at radius 3 is 2.69 bits per heavy atom. The molecule has 0 saturated carbocycles. The van der Waals surface area contributed by atoms with Crippen LogP contribution in [-0.4, -0.2) is 17.1 Å². The summed E-state index contributed by atoms with van der Waals surface area (Å²) in [6.45, 7) is 0. The molecule has 0 radical (unpaired) electrons. The van der Waals surface area contributed by atoms with Gasteiger partial charge in [0.1, 0.15) is 11.8 Å². The quantitative estimate of drug-likeness (QED) is 0.554. The van der Waals surface area contributed by atoms with Gasteiger partial charge in [-0.1, -0.05) is 12.1 Å². The van der Waals surface area contributed by atoms with E-state index in [0.29, 0.717) is 0 Å². The van der Waals surface area contributed by atoms with E-state index in [2.05, 4.69) is 5.73 Å². The van der Waals surface area contributed by atoms with E-state index in [1.807, 2.05) is 0 Å². The van der Waals surface area contributed by atoms with Crippen LogP contribution in [0.1, 0.15) is 13.8 Å². The van der Waals surface area contributed by atoms with Gasteiger partial charge in [-0.2, -0.15) is 0 Å². The average Bonchev–Trinajstić information content (AvgIpc) is 2.32. The third kappa shape index (κ3) is 2.76. The van der Waals surface area contributed by atoms with Crippen molar-refractivity contribution in [3.05, 3.63) is 29.7 Å². The van der Waals surface area contributed by atoms with Crippen LogP contribution in [0.3, 0.4) is 0 Å². The van der Waals surface area contributed by atoms with Crippen molar-refractivity contribution in [3.8, 4) is 5.75 Å². The molecule has 0 amide bonds. The molecule has 4 N–H and O–H groups in total. The summed E-state index contributed by atoms with van der Waals surface area (Å²) in [5.41, 5.74) is 2.29. The van der Waals surface area contributed by atoms with Gasteiger partial charge in [0.15, 0.2) is 0 Å². The molecule has 13 heavy (non-hydrogen) atoms. The third-order valence-corrected chi connectivity index (χ3v) is 1.21. The predicted octanol–water partition coefficient (Wildman–Crippen LogP) is -1.70. The molecule has 1 rings (SSSR count). The Morgan fingerprint density at radius 1 is 1.69 bits per heavy atom. The number of aliphatic carboxylic acids is 1. The molecule has 0 bridgehead atoms. The van der Waals surface area contributed by atoms with E-state index < -0.39 is 53.9 Å². The van der Waals surface area contributed by atoms with Gasteiger partial charge in [-0.3, -0.25) is 0 Å². The van der Waals surface area contributed by atoms with Crippen LogP contribution in [0, 0.1) is 0 Å². The second-order valence-electron chi connectivity index (χ2n) is 2.24. The number of aromatic hydroxyl groups is 1. The molecule has 0 fully saturated rings. The zero-order valence-electron chi connectivity index (χ0n) is 12.5. The number of hydrogen-bond acceptors (Lipinski definition) is 3. The second kappa shape index (κ2) is 3.91. The smallest absolute Gasteiger partial charge is 0.129 e. The van der Waals surface area contributed by atoms with E-state index in [1.165, 1.54) is 0 Å². The van der Waals surface area contributed by atoms with Gasteiger partial charge in [-0.25, -0.2) is 0 Å². The summed E-state index contributed by atoms with van der Waals surface area (Å²) in [6.07, 6.45) is -2.77.